The third-order valence-electron chi connectivity index (χ3n) is 5.03. The number of nitrogens with zero attached hydrogens (tertiary/aromatic N) is 2. The smallest absolute Gasteiger partial charge is 0.244 e. The van der Waals surface area contributed by atoms with Gasteiger partial charge in [0.2, 0.25) is 10.0 Å². The van der Waals surface area contributed by atoms with Gasteiger partial charge in [-0.1, -0.05) is 6.07 Å². The summed E-state index contributed by atoms with van der Waals surface area (Å²) in [5.41, 5.74) is 2.15. The number of nitrogens with one attached hydrogen (secondary N) is 1. The monoisotopic (exact) mass is 389 g/mol. The summed E-state index contributed by atoms with van der Waals surface area (Å²) in [5.74, 6) is 0.726. The van der Waals surface area contributed by atoms with Crippen molar-refractivity contribution < 1.29 is 13.2 Å². The van der Waals surface area contributed by atoms with Crippen molar-refractivity contribution in [3.05, 3.63) is 53.9 Å². The molecule has 0 unspecified atom stereocenters. The number of aryl methyl sites for hydroxylation is 1. The molecule has 1 aliphatic heterocycles. The third kappa shape index (κ3) is 5.28. The lowest BCUT2D eigenvalue weighted by Crippen LogP contribution is -2.38. The Morgan fingerprint density at radius 3 is 2.56 bits per heavy atom. The number of ether oxygens (including phenoxy) is 1. The van der Waals surface area contributed by atoms with Crippen LogP contribution in [0.2, 0.25) is 0 Å². The van der Waals surface area contributed by atoms with Crippen LogP contribution in [0, 0.1) is 12.8 Å². The van der Waals surface area contributed by atoms with Crippen molar-refractivity contribution in [1.82, 2.24) is 14.6 Å². The molecule has 0 aliphatic carbocycles. The summed E-state index contributed by atoms with van der Waals surface area (Å²) < 4.78 is 33.4. The maximum absolute atomic E-state index is 12.7. The van der Waals surface area contributed by atoms with Gasteiger partial charge < -0.3 is 4.74 Å². The highest BCUT2D eigenvalue weighted by molar-refractivity contribution is 7.89. The van der Waals surface area contributed by atoms with Crippen molar-refractivity contribution in [2.75, 3.05) is 26.7 Å². The van der Waals surface area contributed by atoms with Crippen molar-refractivity contribution in [2.45, 2.75) is 31.2 Å². The first-order chi connectivity index (χ1) is 13.0. The highest BCUT2D eigenvalue weighted by atomic mass is 32.2. The number of pyridine rings is 1. The normalized spacial score (nSPS) is 16.4. The molecule has 27 heavy (non-hydrogen) atoms. The maximum atomic E-state index is 12.7. The molecule has 2 heterocycles. The first kappa shape index (κ1) is 19.8. The maximum Gasteiger partial charge on any atom is 0.244 e. The van der Waals surface area contributed by atoms with Crippen molar-refractivity contribution >= 4 is 10.0 Å². The quantitative estimate of drug-likeness (QED) is 0.788. The number of sulfonamides is 1. The van der Waals surface area contributed by atoms with Gasteiger partial charge in [0.1, 0.15) is 10.6 Å². The van der Waals surface area contributed by atoms with E-state index in [2.05, 4.69) is 14.6 Å². The summed E-state index contributed by atoms with van der Waals surface area (Å²) in [6.45, 7) is 5.20. The van der Waals surface area contributed by atoms with Crippen molar-refractivity contribution in [3.63, 3.8) is 0 Å². The summed E-state index contributed by atoms with van der Waals surface area (Å²) in [6.07, 6.45) is 5.60. The van der Waals surface area contributed by atoms with Crippen molar-refractivity contribution in [3.8, 4) is 5.75 Å². The number of aromatic nitrogens is 1. The van der Waals surface area contributed by atoms with Crippen LogP contribution in [0.3, 0.4) is 0 Å². The van der Waals surface area contributed by atoms with Gasteiger partial charge in [0.05, 0.1) is 7.11 Å². The third-order valence-corrected chi connectivity index (χ3v) is 6.48. The molecule has 1 aliphatic rings. The minimum absolute atomic E-state index is 0.208. The molecule has 3 rings (SSSR count). The van der Waals surface area contributed by atoms with Crippen molar-refractivity contribution in [1.29, 1.82) is 0 Å². The molecule has 146 valence electrons. The number of piperidine rings is 1. The van der Waals surface area contributed by atoms with Gasteiger partial charge in [-0.25, -0.2) is 13.1 Å². The summed E-state index contributed by atoms with van der Waals surface area (Å²) in [4.78, 5) is 6.66. The number of hydrogen-bond donors (Lipinski definition) is 1. The molecule has 0 amide bonds. The predicted octanol–water partition coefficient (Wildman–Crippen LogP) is 2.59. The number of methoxy groups -OCH3 is 1. The average molecular weight is 390 g/mol. The van der Waals surface area contributed by atoms with Crippen LogP contribution in [0.15, 0.2) is 47.6 Å². The van der Waals surface area contributed by atoms with Crippen molar-refractivity contribution in [2.24, 2.45) is 5.92 Å². The Morgan fingerprint density at radius 1 is 1.19 bits per heavy atom. The molecule has 1 fully saturated rings. The van der Waals surface area contributed by atoms with E-state index in [1.54, 1.807) is 12.1 Å². The van der Waals surface area contributed by atoms with Gasteiger partial charge in [-0.3, -0.25) is 9.88 Å². The van der Waals surface area contributed by atoms with Crippen LogP contribution >= 0.6 is 0 Å². The molecular formula is C20H27N3O3S. The Morgan fingerprint density at radius 2 is 1.89 bits per heavy atom. The number of benzene rings is 1. The molecule has 1 aromatic carbocycles. The lowest BCUT2D eigenvalue weighted by molar-refractivity contribution is 0.178. The van der Waals surface area contributed by atoms with Gasteiger partial charge in [-0.05, 0) is 74.2 Å². The van der Waals surface area contributed by atoms with E-state index in [0.29, 0.717) is 18.2 Å². The Hall–Kier alpha value is -1.96. The fourth-order valence-corrected chi connectivity index (χ4v) is 4.76. The Balaban J connectivity index is 1.53. The standard InChI is InChI=1S/C20H27N3O3S/c1-16-3-4-19(26-2)20(13-16)27(24,25)22-14-17-7-11-23(12-8-17)15-18-5-9-21-10-6-18/h3-6,9-10,13,17,22H,7-8,11-12,14-15H2,1-2H3. The largest absolute Gasteiger partial charge is 0.495 e. The molecule has 2 aromatic rings. The van der Waals surface area contributed by atoms with Crippen LogP contribution in [-0.4, -0.2) is 45.0 Å². The summed E-state index contributed by atoms with van der Waals surface area (Å²) in [6, 6.07) is 9.27. The zero-order valence-electron chi connectivity index (χ0n) is 15.9. The van der Waals surface area contributed by atoms with E-state index in [0.717, 1.165) is 38.0 Å². The molecule has 0 atom stereocenters. The van der Waals surface area contributed by atoms with Gasteiger partial charge in [0, 0.05) is 25.5 Å². The second-order valence-electron chi connectivity index (χ2n) is 7.08. The number of likely N-dealkylation sites (tertiary alicyclic amines) is 1. The van der Waals surface area contributed by atoms with Gasteiger partial charge in [-0.2, -0.15) is 0 Å². The van der Waals surface area contributed by atoms with Crippen LogP contribution in [0.25, 0.3) is 0 Å². The molecule has 1 aromatic heterocycles. The molecule has 0 bridgehead atoms. The molecule has 0 radical (unpaired) electrons. The van der Waals surface area contributed by atoms with Gasteiger partial charge in [0.25, 0.3) is 0 Å². The molecule has 0 spiro atoms. The zero-order valence-corrected chi connectivity index (χ0v) is 16.7. The number of hydrogen-bond acceptors (Lipinski definition) is 5. The molecule has 1 N–H and O–H groups in total. The Kier molecular flexibility index (Phi) is 6.46. The second-order valence-corrected chi connectivity index (χ2v) is 8.82. The molecular weight excluding hydrogens is 362 g/mol. The summed E-state index contributed by atoms with van der Waals surface area (Å²) in [5, 5.41) is 0. The lowest BCUT2D eigenvalue weighted by atomic mass is 9.97. The van der Waals surface area contributed by atoms with E-state index in [1.165, 1.54) is 12.7 Å². The van der Waals surface area contributed by atoms with E-state index in [4.69, 9.17) is 4.74 Å². The van der Waals surface area contributed by atoms with Crippen LogP contribution in [0.1, 0.15) is 24.0 Å². The zero-order chi connectivity index (χ0) is 19.3. The number of rotatable bonds is 7. The first-order valence-corrected chi connectivity index (χ1v) is 10.7. The fourth-order valence-electron chi connectivity index (χ4n) is 3.39. The van der Waals surface area contributed by atoms with E-state index in [9.17, 15) is 8.42 Å². The molecule has 6 nitrogen and oxygen atoms in total. The SMILES string of the molecule is COc1ccc(C)cc1S(=O)(=O)NCC1CCN(Cc2ccncc2)CC1. The fraction of sp³-hybridized carbons (Fsp3) is 0.450. The minimum Gasteiger partial charge on any atom is -0.495 e. The van der Waals surface area contributed by atoms with Gasteiger partial charge >= 0.3 is 0 Å². The van der Waals surface area contributed by atoms with Gasteiger partial charge in [-0.15, -0.1) is 0 Å². The minimum atomic E-state index is -3.58. The van der Waals surface area contributed by atoms with E-state index >= 15 is 0 Å². The van der Waals surface area contributed by atoms with E-state index in [-0.39, 0.29) is 4.90 Å². The summed E-state index contributed by atoms with van der Waals surface area (Å²) in [7, 11) is -2.09. The highest BCUT2D eigenvalue weighted by Crippen LogP contribution is 2.25. The summed E-state index contributed by atoms with van der Waals surface area (Å²) >= 11 is 0. The Bertz CT molecular complexity index is 848. The average Bonchev–Trinajstić information content (AvgIpc) is 2.68. The first-order valence-electron chi connectivity index (χ1n) is 9.23. The second kappa shape index (κ2) is 8.82. The van der Waals surface area contributed by atoms with Crippen LogP contribution in [0.4, 0.5) is 0 Å². The van der Waals surface area contributed by atoms with Gasteiger partial charge in [0.15, 0.2) is 0 Å². The molecule has 0 saturated carbocycles. The molecule has 1 saturated heterocycles. The Labute approximate surface area is 161 Å². The predicted molar refractivity (Wildman–Crippen MR) is 105 cm³/mol. The van der Waals surface area contributed by atoms with E-state index < -0.39 is 10.0 Å². The van der Waals surface area contributed by atoms with Crippen LogP contribution in [0.5, 0.6) is 5.75 Å². The topological polar surface area (TPSA) is 71.5 Å². The van der Waals surface area contributed by atoms with Crippen LogP contribution in [-0.2, 0) is 16.6 Å². The molecule has 7 heteroatoms. The lowest BCUT2D eigenvalue weighted by Gasteiger charge is -2.32. The highest BCUT2D eigenvalue weighted by Gasteiger charge is 2.24. The van der Waals surface area contributed by atoms with Crippen LogP contribution < -0.4 is 9.46 Å². The van der Waals surface area contributed by atoms with E-state index in [1.807, 2.05) is 37.5 Å².